The third-order valence-electron chi connectivity index (χ3n) is 5.21. The van der Waals surface area contributed by atoms with Crippen LogP contribution in [0.1, 0.15) is 35.2 Å². The lowest BCUT2D eigenvalue weighted by molar-refractivity contribution is -0.147. The van der Waals surface area contributed by atoms with E-state index in [1.54, 1.807) is 18.9 Å². The van der Waals surface area contributed by atoms with Crippen LogP contribution in [-0.2, 0) is 16.1 Å². The van der Waals surface area contributed by atoms with Gasteiger partial charge in [-0.15, -0.1) is 11.8 Å². The van der Waals surface area contributed by atoms with Crippen molar-refractivity contribution < 1.29 is 14.3 Å². The zero-order valence-corrected chi connectivity index (χ0v) is 19.5. The number of esters is 1. The molecular formula is C24H25ClN2O3S. The molecule has 31 heavy (non-hydrogen) atoms. The van der Waals surface area contributed by atoms with E-state index in [2.05, 4.69) is 27.7 Å². The first-order valence-electron chi connectivity index (χ1n) is 10.0. The first-order chi connectivity index (χ1) is 14.9. The minimum Gasteiger partial charge on any atom is -0.497 e. The molecule has 0 spiro atoms. The standard InChI is InChI=1S/C24H25ClN2O3S/c1-15(28)30-22-20-13-10-17(14-26(2)3)27(20)21-7-5-6-19(25)24(21)31-23(22)16-8-11-18(29-4)12-9-16/h5-13,22-23H,14H2,1-4H3. The average Bonchev–Trinajstić information content (AvgIpc) is 3.07. The number of hydrogen-bond donors (Lipinski definition) is 0. The predicted molar refractivity (Wildman–Crippen MR) is 124 cm³/mol. The van der Waals surface area contributed by atoms with E-state index < -0.39 is 6.10 Å². The van der Waals surface area contributed by atoms with Crippen molar-refractivity contribution in [3.8, 4) is 11.4 Å². The summed E-state index contributed by atoms with van der Waals surface area (Å²) in [6, 6.07) is 18.0. The van der Waals surface area contributed by atoms with Crippen molar-refractivity contribution >= 4 is 29.3 Å². The van der Waals surface area contributed by atoms with Gasteiger partial charge >= 0.3 is 5.97 Å². The second-order valence-corrected chi connectivity index (χ2v) is 9.31. The van der Waals surface area contributed by atoms with Gasteiger partial charge in [0.1, 0.15) is 5.75 Å². The van der Waals surface area contributed by atoms with Crippen LogP contribution in [0.5, 0.6) is 5.75 Å². The Balaban J connectivity index is 1.94. The molecule has 0 aliphatic carbocycles. The van der Waals surface area contributed by atoms with Gasteiger partial charge < -0.3 is 18.9 Å². The number of aromatic nitrogens is 1. The van der Waals surface area contributed by atoms with Gasteiger partial charge in [0, 0.05) is 19.2 Å². The molecule has 1 aromatic heterocycles. The highest BCUT2D eigenvalue weighted by Crippen LogP contribution is 2.53. The number of nitrogens with zero attached hydrogens (tertiary/aromatic N) is 2. The Hall–Kier alpha value is -2.41. The minimum absolute atomic E-state index is 0.170. The van der Waals surface area contributed by atoms with Crippen LogP contribution >= 0.6 is 23.4 Å². The van der Waals surface area contributed by atoms with Gasteiger partial charge in [0.15, 0.2) is 6.10 Å². The molecule has 4 rings (SSSR count). The smallest absolute Gasteiger partial charge is 0.303 e. The highest BCUT2D eigenvalue weighted by Gasteiger charge is 2.36. The molecule has 0 saturated heterocycles. The Morgan fingerprint density at radius 3 is 2.52 bits per heavy atom. The molecular weight excluding hydrogens is 432 g/mol. The Morgan fingerprint density at radius 1 is 1.13 bits per heavy atom. The monoisotopic (exact) mass is 456 g/mol. The van der Waals surface area contributed by atoms with Gasteiger partial charge in [0.05, 0.1) is 33.7 Å². The van der Waals surface area contributed by atoms with Gasteiger partial charge in [-0.25, -0.2) is 0 Å². The minimum atomic E-state index is -0.477. The Kier molecular flexibility index (Phi) is 6.32. The summed E-state index contributed by atoms with van der Waals surface area (Å²) in [6.07, 6.45) is -0.477. The highest BCUT2D eigenvalue weighted by molar-refractivity contribution is 7.99. The van der Waals surface area contributed by atoms with Gasteiger partial charge in [-0.05, 0) is 56.1 Å². The molecule has 2 unspecified atom stereocenters. The van der Waals surface area contributed by atoms with E-state index in [-0.39, 0.29) is 11.2 Å². The molecule has 0 fully saturated rings. The van der Waals surface area contributed by atoms with Crippen LogP contribution in [-0.4, -0.2) is 36.6 Å². The fourth-order valence-corrected chi connectivity index (χ4v) is 5.56. The van der Waals surface area contributed by atoms with Crippen LogP contribution in [0.25, 0.3) is 5.69 Å². The number of halogens is 1. The number of rotatable bonds is 5. The summed E-state index contributed by atoms with van der Waals surface area (Å²) in [5, 5.41) is 0.511. The zero-order chi connectivity index (χ0) is 22.1. The van der Waals surface area contributed by atoms with Crippen LogP contribution in [0.4, 0.5) is 0 Å². The SMILES string of the molecule is COc1ccc(C2Sc3c(Cl)cccc3-n3c(CN(C)C)ccc3C2OC(C)=O)cc1. The number of hydrogen-bond acceptors (Lipinski definition) is 5. The van der Waals surface area contributed by atoms with Crippen molar-refractivity contribution in [3.05, 3.63) is 76.6 Å². The van der Waals surface area contributed by atoms with Crippen LogP contribution in [0.15, 0.2) is 59.5 Å². The third-order valence-corrected chi connectivity index (χ3v) is 7.07. The maximum absolute atomic E-state index is 12.1. The van der Waals surface area contributed by atoms with Gasteiger partial charge in [0.25, 0.3) is 0 Å². The Morgan fingerprint density at radius 2 is 1.87 bits per heavy atom. The van der Waals surface area contributed by atoms with E-state index in [1.807, 2.05) is 50.5 Å². The van der Waals surface area contributed by atoms with Gasteiger partial charge in [-0.3, -0.25) is 4.79 Å². The second kappa shape index (κ2) is 8.99. The topological polar surface area (TPSA) is 43.7 Å². The lowest BCUT2D eigenvalue weighted by Gasteiger charge is -2.25. The summed E-state index contributed by atoms with van der Waals surface area (Å²) >= 11 is 8.31. The normalized spacial score (nSPS) is 17.6. The summed E-state index contributed by atoms with van der Waals surface area (Å²) in [7, 11) is 5.72. The summed E-state index contributed by atoms with van der Waals surface area (Å²) in [4.78, 5) is 15.2. The molecule has 2 aromatic carbocycles. The molecule has 162 valence electrons. The molecule has 0 amide bonds. The molecule has 3 aromatic rings. The van der Waals surface area contributed by atoms with Crippen LogP contribution in [0.2, 0.25) is 5.02 Å². The number of carbonyl (C=O) groups excluding carboxylic acids is 1. The summed E-state index contributed by atoms with van der Waals surface area (Å²) in [5.74, 6) is 0.463. The molecule has 0 saturated carbocycles. The van der Waals surface area contributed by atoms with Gasteiger partial charge in [-0.2, -0.15) is 0 Å². The van der Waals surface area contributed by atoms with Crippen LogP contribution in [0.3, 0.4) is 0 Å². The van der Waals surface area contributed by atoms with Gasteiger partial charge in [0.2, 0.25) is 0 Å². The first-order valence-corrected chi connectivity index (χ1v) is 11.3. The second-order valence-electron chi connectivity index (χ2n) is 7.75. The highest BCUT2D eigenvalue weighted by atomic mass is 35.5. The summed E-state index contributed by atoms with van der Waals surface area (Å²) < 4.78 is 13.5. The molecule has 2 atom stereocenters. The Bertz CT molecular complexity index is 1090. The number of ether oxygens (including phenoxy) is 2. The number of methoxy groups -OCH3 is 1. The van der Waals surface area contributed by atoms with Crippen LogP contribution in [0, 0.1) is 0 Å². The van der Waals surface area contributed by atoms with E-state index >= 15 is 0 Å². The molecule has 0 N–H and O–H groups in total. The zero-order valence-electron chi connectivity index (χ0n) is 18.0. The van der Waals surface area contributed by atoms with Crippen molar-refractivity contribution in [2.24, 2.45) is 0 Å². The van der Waals surface area contributed by atoms with Crippen molar-refractivity contribution in [1.82, 2.24) is 9.47 Å². The summed E-state index contributed by atoms with van der Waals surface area (Å²) in [6.45, 7) is 2.20. The van der Waals surface area contributed by atoms with E-state index in [0.717, 1.165) is 39.8 Å². The van der Waals surface area contributed by atoms with Crippen molar-refractivity contribution in [2.45, 2.75) is 29.7 Å². The van der Waals surface area contributed by atoms with Gasteiger partial charge in [-0.1, -0.05) is 29.8 Å². The first kappa shape index (κ1) is 21.8. The van der Waals surface area contributed by atoms with Crippen molar-refractivity contribution in [1.29, 1.82) is 0 Å². The quantitative estimate of drug-likeness (QED) is 0.464. The molecule has 0 radical (unpaired) electrons. The summed E-state index contributed by atoms with van der Waals surface area (Å²) in [5.41, 5.74) is 4.08. The number of carbonyl (C=O) groups is 1. The molecule has 2 heterocycles. The maximum Gasteiger partial charge on any atom is 0.303 e. The lowest BCUT2D eigenvalue weighted by atomic mass is 10.0. The van der Waals surface area contributed by atoms with E-state index in [0.29, 0.717) is 5.02 Å². The van der Waals surface area contributed by atoms with E-state index in [4.69, 9.17) is 21.1 Å². The largest absolute Gasteiger partial charge is 0.497 e. The average molecular weight is 457 g/mol. The molecule has 5 nitrogen and oxygen atoms in total. The number of thioether (sulfide) groups is 1. The van der Waals surface area contributed by atoms with Crippen molar-refractivity contribution in [3.63, 3.8) is 0 Å². The maximum atomic E-state index is 12.1. The number of fused-ring (bicyclic) bond motifs is 3. The third kappa shape index (κ3) is 4.33. The fourth-order valence-electron chi connectivity index (χ4n) is 3.93. The van der Waals surface area contributed by atoms with Crippen molar-refractivity contribution in [2.75, 3.05) is 21.2 Å². The Labute approximate surface area is 191 Å². The fraction of sp³-hybridized carbons (Fsp3) is 0.292. The molecule has 1 aliphatic heterocycles. The molecule has 0 bridgehead atoms. The number of benzene rings is 2. The molecule has 1 aliphatic rings. The van der Waals surface area contributed by atoms with E-state index in [1.165, 1.54) is 6.92 Å². The van der Waals surface area contributed by atoms with E-state index in [9.17, 15) is 4.79 Å². The molecule has 7 heteroatoms. The lowest BCUT2D eigenvalue weighted by Crippen LogP contribution is -2.19. The predicted octanol–water partition coefficient (Wildman–Crippen LogP) is 5.65. The van der Waals surface area contributed by atoms with Crippen LogP contribution < -0.4 is 4.74 Å².